The third kappa shape index (κ3) is 1.85. The molecule has 0 radical (unpaired) electrons. The Labute approximate surface area is 104 Å². The van der Waals surface area contributed by atoms with E-state index in [1.54, 1.807) is 13.0 Å². The predicted molar refractivity (Wildman–Crippen MR) is 66.2 cm³/mol. The van der Waals surface area contributed by atoms with Crippen molar-refractivity contribution in [1.29, 1.82) is 0 Å². The molecule has 5 nitrogen and oxygen atoms in total. The smallest absolute Gasteiger partial charge is 0.197 e. The third-order valence-electron chi connectivity index (χ3n) is 2.66. The molecule has 0 aliphatic heterocycles. The highest BCUT2D eigenvalue weighted by Gasteiger charge is 2.20. The molecule has 0 bridgehead atoms. The van der Waals surface area contributed by atoms with Gasteiger partial charge in [-0.3, -0.25) is 5.10 Å². The van der Waals surface area contributed by atoms with Gasteiger partial charge < -0.3 is 15.2 Å². The average molecular weight is 251 g/mol. The quantitative estimate of drug-likeness (QED) is 0.876. The number of benzene rings is 1. The van der Waals surface area contributed by atoms with Crippen molar-refractivity contribution in [2.75, 3.05) is 20.0 Å². The highest BCUT2D eigenvalue weighted by molar-refractivity contribution is 5.76. The van der Waals surface area contributed by atoms with Gasteiger partial charge in [0.2, 0.25) is 0 Å². The first-order valence-electron chi connectivity index (χ1n) is 5.30. The van der Waals surface area contributed by atoms with Crippen molar-refractivity contribution < 1.29 is 13.9 Å². The van der Waals surface area contributed by atoms with Crippen LogP contribution in [-0.2, 0) is 0 Å². The molecule has 2 rings (SSSR count). The highest BCUT2D eigenvalue weighted by Crippen LogP contribution is 2.41. The maximum Gasteiger partial charge on any atom is 0.197 e. The van der Waals surface area contributed by atoms with Crippen LogP contribution in [0.4, 0.5) is 10.2 Å². The first-order chi connectivity index (χ1) is 8.58. The lowest BCUT2D eigenvalue weighted by atomic mass is 10.0. The number of aromatic nitrogens is 2. The number of aryl methyl sites for hydroxylation is 1. The van der Waals surface area contributed by atoms with Crippen LogP contribution in [0.1, 0.15) is 5.56 Å². The van der Waals surface area contributed by atoms with Gasteiger partial charge in [0.25, 0.3) is 0 Å². The molecule has 0 aliphatic rings. The van der Waals surface area contributed by atoms with E-state index in [0.29, 0.717) is 28.4 Å². The van der Waals surface area contributed by atoms with E-state index < -0.39 is 5.82 Å². The maximum absolute atomic E-state index is 13.7. The molecule has 2 aromatic rings. The number of aromatic amines is 1. The number of nitrogens with two attached hydrogens (primary N) is 1. The number of nitrogens with one attached hydrogen (secondary N) is 1. The van der Waals surface area contributed by atoms with E-state index in [0.717, 1.165) is 0 Å². The number of halogens is 1. The van der Waals surface area contributed by atoms with Crippen LogP contribution in [0.2, 0.25) is 0 Å². The SMILES string of the molecule is COc1c(F)cc(C)c(-c2cc(N)n[nH]2)c1OC. The molecule has 1 aromatic carbocycles. The monoisotopic (exact) mass is 251 g/mol. The van der Waals surface area contributed by atoms with Crippen molar-refractivity contribution in [3.05, 3.63) is 23.5 Å². The molecule has 96 valence electrons. The number of rotatable bonds is 3. The summed E-state index contributed by atoms with van der Waals surface area (Å²) in [5.41, 5.74) is 7.61. The summed E-state index contributed by atoms with van der Waals surface area (Å²) in [4.78, 5) is 0. The summed E-state index contributed by atoms with van der Waals surface area (Å²) in [6.45, 7) is 1.78. The topological polar surface area (TPSA) is 73.2 Å². The Kier molecular flexibility index (Phi) is 3.10. The lowest BCUT2D eigenvalue weighted by molar-refractivity contribution is 0.338. The summed E-state index contributed by atoms with van der Waals surface area (Å²) in [5, 5.41) is 6.63. The molecular formula is C12H14FN3O2. The van der Waals surface area contributed by atoms with Gasteiger partial charge in [0, 0.05) is 11.6 Å². The Morgan fingerprint density at radius 2 is 1.89 bits per heavy atom. The molecule has 6 heteroatoms. The van der Waals surface area contributed by atoms with E-state index >= 15 is 0 Å². The Hall–Kier alpha value is -2.24. The van der Waals surface area contributed by atoms with Crippen molar-refractivity contribution in [2.24, 2.45) is 0 Å². The van der Waals surface area contributed by atoms with Crippen LogP contribution in [-0.4, -0.2) is 24.4 Å². The Bertz CT molecular complexity index is 581. The number of hydrogen-bond donors (Lipinski definition) is 2. The lowest BCUT2D eigenvalue weighted by Gasteiger charge is -2.14. The van der Waals surface area contributed by atoms with E-state index in [4.69, 9.17) is 15.2 Å². The minimum atomic E-state index is -0.469. The number of ether oxygens (including phenoxy) is 2. The van der Waals surface area contributed by atoms with Gasteiger partial charge in [0.1, 0.15) is 5.82 Å². The van der Waals surface area contributed by atoms with Crippen LogP contribution in [0.15, 0.2) is 12.1 Å². The molecular weight excluding hydrogens is 237 g/mol. The molecule has 0 spiro atoms. The van der Waals surface area contributed by atoms with Crippen molar-refractivity contribution in [2.45, 2.75) is 6.92 Å². The number of nitrogens with zero attached hydrogens (tertiary/aromatic N) is 1. The van der Waals surface area contributed by atoms with Gasteiger partial charge in [0.15, 0.2) is 17.3 Å². The van der Waals surface area contributed by atoms with Gasteiger partial charge in [-0.2, -0.15) is 5.10 Å². The van der Waals surface area contributed by atoms with Gasteiger partial charge in [-0.25, -0.2) is 4.39 Å². The number of hydrogen-bond acceptors (Lipinski definition) is 4. The second-order valence-electron chi connectivity index (χ2n) is 3.82. The standard InChI is InChI=1S/C12H14FN3O2/c1-6-4-7(13)11(17-2)12(18-3)10(6)8-5-9(14)16-15-8/h4-5H,1-3H3,(H3,14,15,16). The molecule has 0 aliphatic carbocycles. The van der Waals surface area contributed by atoms with Crippen molar-refractivity contribution in [3.8, 4) is 22.8 Å². The van der Waals surface area contributed by atoms with Crippen molar-refractivity contribution in [3.63, 3.8) is 0 Å². The van der Waals surface area contributed by atoms with Gasteiger partial charge in [-0.05, 0) is 18.6 Å². The zero-order chi connectivity index (χ0) is 13.3. The fourth-order valence-electron chi connectivity index (χ4n) is 1.91. The fourth-order valence-corrected chi connectivity index (χ4v) is 1.91. The van der Waals surface area contributed by atoms with E-state index in [1.165, 1.54) is 20.3 Å². The number of anilines is 1. The summed E-state index contributed by atoms with van der Waals surface area (Å²) >= 11 is 0. The number of nitrogen functional groups attached to an aromatic ring is 1. The van der Waals surface area contributed by atoms with Crippen LogP contribution in [0.25, 0.3) is 11.3 Å². The molecule has 0 fully saturated rings. The molecule has 0 saturated carbocycles. The van der Waals surface area contributed by atoms with Gasteiger partial charge in [-0.15, -0.1) is 0 Å². The highest BCUT2D eigenvalue weighted by atomic mass is 19.1. The summed E-state index contributed by atoms with van der Waals surface area (Å²) in [6, 6.07) is 3.04. The predicted octanol–water partition coefficient (Wildman–Crippen LogP) is 2.12. The maximum atomic E-state index is 13.7. The number of methoxy groups -OCH3 is 2. The summed E-state index contributed by atoms with van der Waals surface area (Å²) in [5.74, 6) is 0.266. The first-order valence-corrected chi connectivity index (χ1v) is 5.30. The van der Waals surface area contributed by atoms with Gasteiger partial charge in [0.05, 0.1) is 19.9 Å². The largest absolute Gasteiger partial charge is 0.492 e. The summed E-state index contributed by atoms with van der Waals surface area (Å²) in [7, 11) is 2.85. The second kappa shape index (κ2) is 4.56. The molecule has 1 heterocycles. The molecule has 0 saturated heterocycles. The van der Waals surface area contributed by atoms with Crippen LogP contribution in [0.5, 0.6) is 11.5 Å². The molecule has 0 atom stereocenters. The fraction of sp³-hybridized carbons (Fsp3) is 0.250. The van der Waals surface area contributed by atoms with E-state index in [2.05, 4.69) is 10.2 Å². The Balaban J connectivity index is 2.73. The van der Waals surface area contributed by atoms with Crippen LogP contribution in [0.3, 0.4) is 0 Å². The molecule has 18 heavy (non-hydrogen) atoms. The Morgan fingerprint density at radius 1 is 1.22 bits per heavy atom. The summed E-state index contributed by atoms with van der Waals surface area (Å²) < 4.78 is 24.0. The van der Waals surface area contributed by atoms with Gasteiger partial charge in [-0.1, -0.05) is 0 Å². The second-order valence-corrected chi connectivity index (χ2v) is 3.82. The average Bonchev–Trinajstić information content (AvgIpc) is 2.74. The Morgan fingerprint density at radius 3 is 2.39 bits per heavy atom. The molecule has 0 amide bonds. The van der Waals surface area contributed by atoms with Crippen LogP contribution < -0.4 is 15.2 Å². The first kappa shape index (κ1) is 12.2. The third-order valence-corrected chi connectivity index (χ3v) is 2.66. The van der Waals surface area contributed by atoms with Crippen molar-refractivity contribution in [1.82, 2.24) is 10.2 Å². The van der Waals surface area contributed by atoms with Gasteiger partial charge >= 0.3 is 0 Å². The van der Waals surface area contributed by atoms with E-state index in [9.17, 15) is 4.39 Å². The van der Waals surface area contributed by atoms with E-state index in [-0.39, 0.29) is 5.75 Å². The molecule has 3 N–H and O–H groups in total. The minimum absolute atomic E-state index is 0.0614. The van der Waals surface area contributed by atoms with Crippen LogP contribution in [0, 0.1) is 12.7 Å². The van der Waals surface area contributed by atoms with Crippen molar-refractivity contribution >= 4 is 5.82 Å². The van der Waals surface area contributed by atoms with Crippen LogP contribution >= 0.6 is 0 Å². The normalized spacial score (nSPS) is 10.4. The zero-order valence-corrected chi connectivity index (χ0v) is 10.4. The molecule has 0 unspecified atom stereocenters. The minimum Gasteiger partial charge on any atom is -0.492 e. The zero-order valence-electron chi connectivity index (χ0n) is 10.4. The van der Waals surface area contributed by atoms with E-state index in [1.807, 2.05) is 0 Å². The summed E-state index contributed by atoms with van der Waals surface area (Å²) in [6.07, 6.45) is 0. The lowest BCUT2D eigenvalue weighted by Crippen LogP contribution is -1.99. The molecule has 1 aromatic heterocycles. The number of H-pyrrole nitrogens is 1.